The fourth-order valence-electron chi connectivity index (χ4n) is 6.48. The van der Waals surface area contributed by atoms with Crippen LogP contribution in [0.4, 0.5) is 24.7 Å². The van der Waals surface area contributed by atoms with E-state index in [0.717, 1.165) is 18.1 Å². The Morgan fingerprint density at radius 1 is 1.09 bits per heavy atom. The molecule has 2 atom stereocenters. The molecule has 2 aliphatic rings. The third-order valence-electron chi connectivity index (χ3n) is 8.89. The van der Waals surface area contributed by atoms with Gasteiger partial charge in [-0.15, -0.1) is 0 Å². The van der Waals surface area contributed by atoms with Gasteiger partial charge in [-0.2, -0.15) is 5.26 Å². The standard InChI is InChI=1S/C35H36F3N5O3/c1-3-7-24-8-4-5-11-28(24)32(34(46)41(2)26-14-17-35(37,38)18-15-26)42(27-10-6-9-25(36)21-27)33(45)29-12-13-31(44)43(29)30-20-23(22-39)16-19-40-30/h4-6,8-11,16,19-21,26,29,32H,3,7,12-15,17-18H2,1-2H3. The zero-order chi connectivity index (χ0) is 33.0. The maximum absolute atomic E-state index is 14.9. The average Bonchev–Trinajstić information content (AvgIpc) is 3.44. The highest BCUT2D eigenvalue weighted by molar-refractivity contribution is 6.10. The van der Waals surface area contributed by atoms with Crippen molar-refractivity contribution in [1.29, 1.82) is 5.26 Å². The van der Waals surface area contributed by atoms with Gasteiger partial charge < -0.3 is 4.90 Å². The molecule has 2 aromatic carbocycles. The topological polar surface area (TPSA) is 97.6 Å². The summed E-state index contributed by atoms with van der Waals surface area (Å²) in [7, 11) is 1.56. The summed E-state index contributed by atoms with van der Waals surface area (Å²) < 4.78 is 43.0. The fourth-order valence-corrected chi connectivity index (χ4v) is 6.48. The third kappa shape index (κ3) is 6.76. The Morgan fingerprint density at radius 3 is 2.52 bits per heavy atom. The van der Waals surface area contributed by atoms with Crippen molar-refractivity contribution in [2.75, 3.05) is 16.8 Å². The predicted molar refractivity (Wildman–Crippen MR) is 166 cm³/mol. The number of nitrogens with zero attached hydrogens (tertiary/aromatic N) is 5. The quantitative estimate of drug-likeness (QED) is 0.274. The molecule has 2 unspecified atom stereocenters. The van der Waals surface area contributed by atoms with Crippen LogP contribution in [0.5, 0.6) is 0 Å². The first-order valence-electron chi connectivity index (χ1n) is 15.5. The highest BCUT2D eigenvalue weighted by Gasteiger charge is 2.46. The summed E-state index contributed by atoms with van der Waals surface area (Å²) in [4.78, 5) is 51.0. The molecule has 240 valence electrons. The zero-order valence-corrected chi connectivity index (χ0v) is 25.8. The summed E-state index contributed by atoms with van der Waals surface area (Å²) in [6.45, 7) is 1.99. The minimum Gasteiger partial charge on any atom is -0.341 e. The van der Waals surface area contributed by atoms with Crippen LogP contribution in [0.2, 0.25) is 0 Å². The average molecular weight is 632 g/mol. The van der Waals surface area contributed by atoms with E-state index in [1.165, 1.54) is 51.2 Å². The van der Waals surface area contributed by atoms with E-state index in [-0.39, 0.29) is 61.5 Å². The Morgan fingerprint density at radius 2 is 1.83 bits per heavy atom. The summed E-state index contributed by atoms with van der Waals surface area (Å²) in [5.41, 5.74) is 1.69. The number of amides is 3. The number of nitriles is 1. The highest BCUT2D eigenvalue weighted by atomic mass is 19.3. The molecule has 3 aromatic rings. The van der Waals surface area contributed by atoms with E-state index in [9.17, 15) is 32.8 Å². The van der Waals surface area contributed by atoms with Crippen molar-refractivity contribution in [3.8, 4) is 6.07 Å². The molecule has 0 radical (unpaired) electrons. The molecule has 2 heterocycles. The number of benzene rings is 2. The number of hydrogen-bond acceptors (Lipinski definition) is 5. The zero-order valence-electron chi connectivity index (χ0n) is 25.8. The second kappa shape index (κ2) is 13.7. The lowest BCUT2D eigenvalue weighted by atomic mass is 9.89. The van der Waals surface area contributed by atoms with Crippen molar-refractivity contribution in [2.45, 2.75) is 82.3 Å². The largest absolute Gasteiger partial charge is 0.341 e. The van der Waals surface area contributed by atoms with Gasteiger partial charge in [0.1, 0.15) is 23.7 Å². The van der Waals surface area contributed by atoms with Crippen LogP contribution in [-0.4, -0.2) is 52.7 Å². The summed E-state index contributed by atoms with van der Waals surface area (Å²) in [6, 6.07) is 14.6. The van der Waals surface area contributed by atoms with Crippen LogP contribution in [0.25, 0.3) is 0 Å². The third-order valence-corrected chi connectivity index (χ3v) is 8.89. The van der Waals surface area contributed by atoms with Crippen LogP contribution >= 0.6 is 0 Å². The van der Waals surface area contributed by atoms with E-state index < -0.39 is 41.7 Å². The summed E-state index contributed by atoms with van der Waals surface area (Å²) in [5, 5.41) is 9.45. The number of rotatable bonds is 9. The Hall–Kier alpha value is -4.72. The number of anilines is 2. The molecule has 1 aliphatic heterocycles. The molecule has 0 spiro atoms. The first-order valence-corrected chi connectivity index (χ1v) is 15.5. The molecule has 0 bridgehead atoms. The second-order valence-electron chi connectivity index (χ2n) is 11.9. The number of halogens is 3. The highest BCUT2D eigenvalue weighted by Crippen LogP contribution is 2.39. The SMILES string of the molecule is CCCc1ccccc1C(C(=O)N(C)C1CCC(F)(F)CC1)N(C(=O)C1CCC(=O)N1c1cc(C#N)ccn1)c1cccc(F)c1. The van der Waals surface area contributed by atoms with Gasteiger partial charge >= 0.3 is 0 Å². The number of carbonyl (C=O) groups is 3. The van der Waals surface area contributed by atoms with Crippen LogP contribution in [0.15, 0.2) is 66.9 Å². The van der Waals surface area contributed by atoms with E-state index in [4.69, 9.17) is 0 Å². The fraction of sp³-hybridized carbons (Fsp3) is 0.400. The van der Waals surface area contributed by atoms with Gasteiger partial charge in [0.25, 0.3) is 5.91 Å². The molecule has 1 saturated carbocycles. The van der Waals surface area contributed by atoms with Gasteiger partial charge in [0.2, 0.25) is 17.7 Å². The van der Waals surface area contributed by atoms with Crippen LogP contribution in [0, 0.1) is 17.1 Å². The monoisotopic (exact) mass is 631 g/mol. The molecule has 0 N–H and O–H groups in total. The molecular formula is C35H36F3N5O3. The lowest BCUT2D eigenvalue weighted by molar-refractivity contribution is -0.138. The lowest BCUT2D eigenvalue weighted by Gasteiger charge is -2.40. The van der Waals surface area contributed by atoms with Gasteiger partial charge in [0.05, 0.1) is 11.6 Å². The van der Waals surface area contributed by atoms with E-state index >= 15 is 0 Å². The minimum absolute atomic E-state index is 0.0209. The Balaban J connectivity index is 1.65. The minimum atomic E-state index is -2.80. The van der Waals surface area contributed by atoms with E-state index in [0.29, 0.717) is 12.0 Å². The van der Waals surface area contributed by atoms with Gasteiger partial charge in [-0.3, -0.25) is 24.2 Å². The van der Waals surface area contributed by atoms with Gasteiger partial charge in [0, 0.05) is 44.2 Å². The van der Waals surface area contributed by atoms with E-state index in [2.05, 4.69) is 4.98 Å². The molecule has 1 aromatic heterocycles. The van der Waals surface area contributed by atoms with Crippen molar-refractivity contribution in [1.82, 2.24) is 9.88 Å². The Kier molecular flexibility index (Phi) is 9.75. The van der Waals surface area contributed by atoms with Gasteiger partial charge in [0.15, 0.2) is 0 Å². The van der Waals surface area contributed by atoms with Crippen LogP contribution in [0.3, 0.4) is 0 Å². The molecule has 5 rings (SSSR count). The molecule has 46 heavy (non-hydrogen) atoms. The maximum Gasteiger partial charge on any atom is 0.251 e. The maximum atomic E-state index is 14.9. The number of hydrogen-bond donors (Lipinski definition) is 0. The van der Waals surface area contributed by atoms with E-state index in [1.807, 2.05) is 25.1 Å². The van der Waals surface area contributed by atoms with Crippen LogP contribution in [-0.2, 0) is 20.8 Å². The van der Waals surface area contributed by atoms with Crippen molar-refractivity contribution < 1.29 is 27.6 Å². The van der Waals surface area contributed by atoms with Gasteiger partial charge in [-0.1, -0.05) is 43.7 Å². The molecule has 11 heteroatoms. The molecule has 2 fully saturated rings. The molecule has 3 amide bonds. The van der Waals surface area contributed by atoms with Crippen molar-refractivity contribution >= 4 is 29.2 Å². The number of aromatic nitrogens is 1. The number of pyridine rings is 1. The van der Waals surface area contributed by atoms with E-state index in [1.54, 1.807) is 19.2 Å². The molecule has 1 saturated heterocycles. The summed E-state index contributed by atoms with van der Waals surface area (Å²) >= 11 is 0. The number of carbonyl (C=O) groups excluding carboxylic acids is 3. The Bertz CT molecular complexity index is 1650. The van der Waals surface area contributed by atoms with Gasteiger partial charge in [-0.05, 0) is 67.1 Å². The predicted octanol–water partition coefficient (Wildman–Crippen LogP) is 6.35. The lowest BCUT2D eigenvalue weighted by Crippen LogP contribution is -2.53. The van der Waals surface area contributed by atoms with Crippen molar-refractivity contribution in [3.63, 3.8) is 0 Å². The van der Waals surface area contributed by atoms with Crippen LogP contribution < -0.4 is 9.80 Å². The number of likely N-dealkylation sites (N-methyl/N-ethyl adjacent to an activating group) is 1. The summed E-state index contributed by atoms with van der Waals surface area (Å²) in [6.07, 6.45) is 2.31. The molecular weight excluding hydrogens is 595 g/mol. The molecule has 1 aliphatic carbocycles. The van der Waals surface area contributed by atoms with Crippen molar-refractivity contribution in [3.05, 3.63) is 89.4 Å². The smallest absolute Gasteiger partial charge is 0.251 e. The van der Waals surface area contributed by atoms with Gasteiger partial charge in [-0.25, -0.2) is 18.2 Å². The van der Waals surface area contributed by atoms with Crippen molar-refractivity contribution in [2.24, 2.45) is 0 Å². The number of alkyl halides is 2. The first-order chi connectivity index (χ1) is 22.0. The van der Waals surface area contributed by atoms with Crippen LogP contribution in [0.1, 0.15) is 74.6 Å². The second-order valence-corrected chi connectivity index (χ2v) is 11.9. The number of aryl methyl sites for hydroxylation is 1. The normalized spacial score (nSPS) is 18.6. The molecule has 8 nitrogen and oxygen atoms in total. The Labute approximate surface area is 266 Å². The first kappa shape index (κ1) is 32.7. The summed E-state index contributed by atoms with van der Waals surface area (Å²) in [5.74, 6) is -4.82.